The summed E-state index contributed by atoms with van der Waals surface area (Å²) in [4.78, 5) is 0. The third-order valence-electron chi connectivity index (χ3n) is 2.95. The lowest BCUT2D eigenvalue weighted by atomic mass is 10.1. The van der Waals surface area contributed by atoms with Gasteiger partial charge in [0.25, 0.3) is 0 Å². The molecule has 0 aliphatic rings. The van der Waals surface area contributed by atoms with E-state index in [1.54, 1.807) is 12.3 Å². The molecule has 1 heterocycles. The summed E-state index contributed by atoms with van der Waals surface area (Å²) in [5, 5.41) is 10.0. The van der Waals surface area contributed by atoms with Crippen LogP contribution in [0.15, 0.2) is 35.1 Å². The number of aromatic nitrogens is 2. The number of H-pyrrole nitrogens is 1. The molecule has 1 aromatic heterocycles. The number of benzene rings is 1. The number of rotatable bonds is 4. The minimum Gasteiger partial charge on any atom is -0.303 e. The van der Waals surface area contributed by atoms with E-state index < -0.39 is 0 Å². The Balaban J connectivity index is 2.10. The van der Waals surface area contributed by atoms with Crippen LogP contribution in [0.2, 0.25) is 0 Å². The fraction of sp³-hybridized carbons (Fsp3) is 0.308. The van der Waals surface area contributed by atoms with Gasteiger partial charge in [-0.25, -0.2) is 4.39 Å². The molecule has 2 unspecified atom stereocenters. The number of aromatic amines is 1. The Kier molecular flexibility index (Phi) is 4.14. The zero-order valence-electron chi connectivity index (χ0n) is 10.2. The second-order valence-corrected chi connectivity index (χ2v) is 5.22. The molecule has 5 heteroatoms. The molecule has 2 rings (SSSR count). The van der Waals surface area contributed by atoms with Crippen LogP contribution >= 0.6 is 15.9 Å². The first-order valence-electron chi connectivity index (χ1n) is 5.77. The lowest BCUT2D eigenvalue weighted by Crippen LogP contribution is -2.23. The summed E-state index contributed by atoms with van der Waals surface area (Å²) in [5.41, 5.74) is 1.72. The Hall–Kier alpha value is -1.20. The van der Waals surface area contributed by atoms with E-state index in [0.29, 0.717) is 5.56 Å². The first-order chi connectivity index (χ1) is 8.58. The molecule has 0 aliphatic heterocycles. The Bertz CT molecular complexity index is 513. The molecule has 2 N–H and O–H groups in total. The highest BCUT2D eigenvalue weighted by Gasteiger charge is 2.15. The molecule has 0 amide bonds. The summed E-state index contributed by atoms with van der Waals surface area (Å²) in [6, 6.07) is 5.17. The Morgan fingerprint density at radius 2 is 2.11 bits per heavy atom. The zero-order valence-corrected chi connectivity index (χ0v) is 11.8. The smallest absolute Gasteiger partial charge is 0.129 e. The molecule has 0 saturated carbocycles. The van der Waals surface area contributed by atoms with Crippen LogP contribution < -0.4 is 5.32 Å². The molecule has 18 heavy (non-hydrogen) atoms. The quantitative estimate of drug-likeness (QED) is 0.903. The second kappa shape index (κ2) is 5.63. The maximum atomic E-state index is 13.8. The number of nitrogens with one attached hydrogen (secondary N) is 2. The van der Waals surface area contributed by atoms with Crippen molar-refractivity contribution in [3.63, 3.8) is 0 Å². The van der Waals surface area contributed by atoms with Gasteiger partial charge in [0.15, 0.2) is 0 Å². The van der Waals surface area contributed by atoms with Crippen LogP contribution in [0.3, 0.4) is 0 Å². The van der Waals surface area contributed by atoms with Crippen molar-refractivity contribution in [1.82, 2.24) is 15.5 Å². The average Bonchev–Trinajstić information content (AvgIpc) is 2.81. The van der Waals surface area contributed by atoms with E-state index >= 15 is 0 Å². The van der Waals surface area contributed by atoms with Crippen LogP contribution in [0.1, 0.15) is 37.1 Å². The summed E-state index contributed by atoms with van der Waals surface area (Å²) >= 11 is 3.25. The molecule has 2 atom stereocenters. The molecular weight excluding hydrogens is 297 g/mol. The average molecular weight is 312 g/mol. The molecule has 0 radical (unpaired) electrons. The predicted molar refractivity (Wildman–Crippen MR) is 72.7 cm³/mol. The Labute approximate surface area is 114 Å². The van der Waals surface area contributed by atoms with E-state index in [4.69, 9.17) is 0 Å². The third kappa shape index (κ3) is 2.97. The highest BCUT2D eigenvalue weighted by Crippen LogP contribution is 2.23. The van der Waals surface area contributed by atoms with Gasteiger partial charge in [-0.05, 0) is 26.0 Å². The summed E-state index contributed by atoms with van der Waals surface area (Å²) in [7, 11) is 0. The van der Waals surface area contributed by atoms with Crippen LogP contribution in [-0.4, -0.2) is 10.2 Å². The van der Waals surface area contributed by atoms with Gasteiger partial charge in [0.1, 0.15) is 5.82 Å². The molecule has 0 aliphatic carbocycles. The number of hydrogen-bond donors (Lipinski definition) is 2. The summed E-state index contributed by atoms with van der Waals surface area (Å²) in [6.45, 7) is 3.97. The summed E-state index contributed by atoms with van der Waals surface area (Å²) in [5.74, 6) is -0.205. The summed E-state index contributed by atoms with van der Waals surface area (Å²) < 4.78 is 14.6. The van der Waals surface area contributed by atoms with E-state index in [1.807, 2.05) is 26.1 Å². The van der Waals surface area contributed by atoms with Crippen molar-refractivity contribution in [1.29, 1.82) is 0 Å². The van der Waals surface area contributed by atoms with Crippen molar-refractivity contribution in [2.45, 2.75) is 25.9 Å². The van der Waals surface area contributed by atoms with Crippen LogP contribution in [0, 0.1) is 5.82 Å². The van der Waals surface area contributed by atoms with Gasteiger partial charge in [-0.15, -0.1) is 0 Å². The van der Waals surface area contributed by atoms with Crippen molar-refractivity contribution < 1.29 is 4.39 Å². The van der Waals surface area contributed by atoms with E-state index in [2.05, 4.69) is 31.4 Å². The van der Waals surface area contributed by atoms with E-state index in [9.17, 15) is 4.39 Å². The second-order valence-electron chi connectivity index (χ2n) is 4.31. The summed E-state index contributed by atoms with van der Waals surface area (Å²) in [6.07, 6.45) is 3.60. The van der Waals surface area contributed by atoms with Crippen LogP contribution in [0.5, 0.6) is 0 Å². The van der Waals surface area contributed by atoms with Gasteiger partial charge >= 0.3 is 0 Å². The third-order valence-corrected chi connectivity index (χ3v) is 3.44. The first-order valence-corrected chi connectivity index (χ1v) is 6.57. The molecule has 96 valence electrons. The first kappa shape index (κ1) is 13.2. The molecule has 1 aromatic carbocycles. The topological polar surface area (TPSA) is 40.7 Å². The van der Waals surface area contributed by atoms with Crippen LogP contribution in [-0.2, 0) is 0 Å². The monoisotopic (exact) mass is 311 g/mol. The molecule has 2 aromatic rings. The van der Waals surface area contributed by atoms with Crippen molar-refractivity contribution in [2.24, 2.45) is 0 Å². The van der Waals surface area contributed by atoms with Crippen LogP contribution in [0.4, 0.5) is 4.39 Å². The van der Waals surface area contributed by atoms with E-state index in [-0.39, 0.29) is 17.9 Å². The lowest BCUT2D eigenvalue weighted by molar-refractivity contribution is 0.474. The highest BCUT2D eigenvalue weighted by atomic mass is 79.9. The Morgan fingerprint density at radius 1 is 1.33 bits per heavy atom. The van der Waals surface area contributed by atoms with Gasteiger partial charge < -0.3 is 5.32 Å². The minimum atomic E-state index is -0.205. The van der Waals surface area contributed by atoms with E-state index in [0.717, 1.165) is 10.0 Å². The fourth-order valence-electron chi connectivity index (χ4n) is 1.91. The molecule has 0 saturated heterocycles. The SMILES string of the molecule is CC(NC(C)c1ccc(Br)cc1F)c1cn[nH]c1. The van der Waals surface area contributed by atoms with Gasteiger partial charge in [0.2, 0.25) is 0 Å². The highest BCUT2D eigenvalue weighted by molar-refractivity contribution is 9.10. The molecule has 3 nitrogen and oxygen atoms in total. The lowest BCUT2D eigenvalue weighted by Gasteiger charge is -2.20. The molecular formula is C13H15BrFN3. The van der Waals surface area contributed by atoms with Crippen molar-refractivity contribution in [2.75, 3.05) is 0 Å². The van der Waals surface area contributed by atoms with Gasteiger partial charge in [-0.3, -0.25) is 5.10 Å². The number of hydrogen-bond acceptors (Lipinski definition) is 2. The van der Waals surface area contributed by atoms with Gasteiger partial charge in [0.05, 0.1) is 6.20 Å². The predicted octanol–water partition coefficient (Wildman–Crippen LogP) is 3.72. The van der Waals surface area contributed by atoms with Gasteiger partial charge in [0, 0.05) is 33.9 Å². The minimum absolute atomic E-state index is 0.0667. The number of nitrogens with zero attached hydrogens (tertiary/aromatic N) is 1. The zero-order chi connectivity index (χ0) is 13.1. The normalized spacial score (nSPS) is 14.4. The maximum Gasteiger partial charge on any atom is 0.129 e. The van der Waals surface area contributed by atoms with E-state index in [1.165, 1.54) is 6.07 Å². The van der Waals surface area contributed by atoms with Crippen molar-refractivity contribution in [3.05, 3.63) is 52.0 Å². The maximum absolute atomic E-state index is 13.8. The van der Waals surface area contributed by atoms with Crippen molar-refractivity contribution >= 4 is 15.9 Å². The Morgan fingerprint density at radius 3 is 2.72 bits per heavy atom. The van der Waals surface area contributed by atoms with Crippen molar-refractivity contribution in [3.8, 4) is 0 Å². The number of halogens is 2. The van der Waals surface area contributed by atoms with Gasteiger partial charge in [-0.1, -0.05) is 22.0 Å². The largest absolute Gasteiger partial charge is 0.303 e. The molecule has 0 spiro atoms. The molecule has 0 bridgehead atoms. The standard InChI is InChI=1S/C13H15BrFN3/c1-8(10-6-16-17-7-10)18-9(2)12-4-3-11(14)5-13(12)15/h3-9,18H,1-2H3,(H,16,17). The van der Waals surface area contributed by atoms with Crippen LogP contribution in [0.25, 0.3) is 0 Å². The fourth-order valence-corrected chi connectivity index (χ4v) is 2.24. The molecule has 0 fully saturated rings. The van der Waals surface area contributed by atoms with Gasteiger partial charge in [-0.2, -0.15) is 5.10 Å².